The van der Waals surface area contributed by atoms with Crippen molar-refractivity contribution in [2.45, 2.75) is 40.2 Å². The standard InChI is InChI=1S/C10H20N3/c1-10(2,3)6-5-7-13-9-8-12(4)11-13/h8-9H,5-7H2,1-4H3/q+1. The maximum Gasteiger partial charge on any atom is 0.155 e. The normalized spacial score (nSPS) is 12.0. The molecule has 1 rings (SSSR count). The summed E-state index contributed by atoms with van der Waals surface area (Å²) in [5, 5.41) is 4.26. The summed E-state index contributed by atoms with van der Waals surface area (Å²) in [5.74, 6) is 0. The average molecular weight is 182 g/mol. The van der Waals surface area contributed by atoms with Crippen molar-refractivity contribution in [1.82, 2.24) is 9.90 Å². The number of aryl methyl sites for hydroxylation is 2. The molecule has 0 saturated carbocycles. The number of aromatic nitrogens is 3. The highest BCUT2D eigenvalue weighted by Gasteiger charge is 2.10. The Morgan fingerprint density at radius 3 is 2.54 bits per heavy atom. The first-order chi connectivity index (χ1) is 5.97. The predicted octanol–water partition coefficient (Wildman–Crippen LogP) is 1.53. The van der Waals surface area contributed by atoms with Crippen LogP contribution in [0.1, 0.15) is 33.6 Å². The van der Waals surface area contributed by atoms with Gasteiger partial charge >= 0.3 is 0 Å². The van der Waals surface area contributed by atoms with Gasteiger partial charge in [-0.3, -0.25) is 0 Å². The largest absolute Gasteiger partial charge is 0.155 e. The molecule has 13 heavy (non-hydrogen) atoms. The van der Waals surface area contributed by atoms with Crippen molar-refractivity contribution in [3.63, 3.8) is 0 Å². The maximum absolute atomic E-state index is 4.26. The second-order valence-electron chi connectivity index (χ2n) is 4.79. The van der Waals surface area contributed by atoms with E-state index in [4.69, 9.17) is 0 Å². The van der Waals surface area contributed by atoms with Gasteiger partial charge in [0.15, 0.2) is 12.4 Å². The van der Waals surface area contributed by atoms with Crippen LogP contribution in [0, 0.1) is 5.41 Å². The van der Waals surface area contributed by atoms with Crippen LogP contribution in [-0.2, 0) is 13.6 Å². The zero-order valence-electron chi connectivity index (χ0n) is 9.12. The molecule has 0 saturated heterocycles. The molecule has 0 N–H and O–H groups in total. The zero-order valence-corrected chi connectivity index (χ0v) is 9.12. The fourth-order valence-corrected chi connectivity index (χ4v) is 1.30. The Hall–Kier alpha value is -0.860. The fourth-order valence-electron chi connectivity index (χ4n) is 1.30. The highest BCUT2D eigenvalue weighted by Crippen LogP contribution is 2.20. The second kappa shape index (κ2) is 3.90. The van der Waals surface area contributed by atoms with Crippen molar-refractivity contribution in [2.24, 2.45) is 12.5 Å². The summed E-state index contributed by atoms with van der Waals surface area (Å²) < 4.78 is 3.82. The van der Waals surface area contributed by atoms with Crippen LogP contribution >= 0.6 is 0 Å². The fraction of sp³-hybridized carbons (Fsp3) is 0.800. The lowest BCUT2D eigenvalue weighted by Crippen LogP contribution is -2.30. The van der Waals surface area contributed by atoms with Crippen LogP contribution in [0.3, 0.4) is 0 Å². The summed E-state index contributed by atoms with van der Waals surface area (Å²) in [4.78, 5) is 0. The van der Waals surface area contributed by atoms with E-state index in [0.717, 1.165) is 6.54 Å². The third-order valence-corrected chi connectivity index (χ3v) is 2.02. The molecule has 0 aliphatic rings. The van der Waals surface area contributed by atoms with E-state index in [1.165, 1.54) is 12.8 Å². The molecule has 0 spiro atoms. The molecule has 0 unspecified atom stereocenters. The lowest BCUT2D eigenvalue weighted by atomic mass is 9.91. The van der Waals surface area contributed by atoms with Crippen molar-refractivity contribution in [3.05, 3.63) is 12.4 Å². The molecule has 1 aromatic heterocycles. The average Bonchev–Trinajstić information content (AvgIpc) is 2.33. The van der Waals surface area contributed by atoms with Gasteiger partial charge < -0.3 is 0 Å². The van der Waals surface area contributed by atoms with E-state index >= 15 is 0 Å². The second-order valence-corrected chi connectivity index (χ2v) is 4.79. The van der Waals surface area contributed by atoms with E-state index in [1.807, 2.05) is 28.8 Å². The predicted molar refractivity (Wildman–Crippen MR) is 52.1 cm³/mol. The number of rotatable bonds is 3. The maximum atomic E-state index is 4.26. The van der Waals surface area contributed by atoms with Crippen LogP contribution in [0.25, 0.3) is 0 Å². The van der Waals surface area contributed by atoms with Gasteiger partial charge in [0.2, 0.25) is 0 Å². The van der Waals surface area contributed by atoms with Gasteiger partial charge in [0.1, 0.15) is 13.6 Å². The third kappa shape index (κ3) is 4.06. The molecule has 0 bridgehead atoms. The molecule has 0 aliphatic carbocycles. The van der Waals surface area contributed by atoms with Gasteiger partial charge in [0, 0.05) is 0 Å². The van der Waals surface area contributed by atoms with Crippen LogP contribution in [0.4, 0.5) is 0 Å². The minimum absolute atomic E-state index is 0.440. The minimum Gasteiger partial charge on any atom is -0.141 e. The Balaban J connectivity index is 2.28. The SMILES string of the molecule is C[n+]1ccn(CCCC(C)(C)C)n1. The first-order valence-corrected chi connectivity index (χ1v) is 4.87. The Bertz CT molecular complexity index is 257. The third-order valence-electron chi connectivity index (χ3n) is 2.02. The molecule has 0 amide bonds. The van der Waals surface area contributed by atoms with Gasteiger partial charge in [0.25, 0.3) is 0 Å². The number of hydrogen-bond donors (Lipinski definition) is 0. The van der Waals surface area contributed by atoms with Crippen molar-refractivity contribution < 1.29 is 4.68 Å². The van der Waals surface area contributed by atoms with E-state index in [2.05, 4.69) is 26.0 Å². The molecule has 0 radical (unpaired) electrons. The molecule has 0 aliphatic heterocycles. The Kier molecular flexibility index (Phi) is 3.07. The summed E-state index contributed by atoms with van der Waals surface area (Å²) in [6.07, 6.45) is 6.43. The first kappa shape index (κ1) is 10.2. The molecule has 0 aromatic carbocycles. The number of hydrogen-bond acceptors (Lipinski definition) is 1. The Morgan fingerprint density at radius 2 is 2.08 bits per heavy atom. The van der Waals surface area contributed by atoms with Gasteiger partial charge in [0.05, 0.1) is 5.21 Å². The van der Waals surface area contributed by atoms with Crippen LogP contribution < -0.4 is 4.68 Å². The van der Waals surface area contributed by atoms with E-state index in [0.29, 0.717) is 5.41 Å². The molecular formula is C10H20N3+. The summed E-state index contributed by atoms with van der Waals surface area (Å²) in [6.45, 7) is 7.85. The van der Waals surface area contributed by atoms with Crippen LogP contribution in [0.15, 0.2) is 12.4 Å². The molecule has 0 fully saturated rings. The topological polar surface area (TPSA) is 21.7 Å². The summed E-state index contributed by atoms with van der Waals surface area (Å²) >= 11 is 0. The molecule has 74 valence electrons. The highest BCUT2D eigenvalue weighted by atomic mass is 15.5. The molecule has 1 heterocycles. The quantitative estimate of drug-likeness (QED) is 0.650. The minimum atomic E-state index is 0.440. The molecular weight excluding hydrogens is 162 g/mol. The van der Waals surface area contributed by atoms with E-state index in [9.17, 15) is 0 Å². The summed E-state index contributed by atoms with van der Waals surface area (Å²) in [6, 6.07) is 0. The van der Waals surface area contributed by atoms with Crippen molar-refractivity contribution in [3.8, 4) is 0 Å². The van der Waals surface area contributed by atoms with Crippen molar-refractivity contribution in [2.75, 3.05) is 0 Å². The smallest absolute Gasteiger partial charge is 0.141 e. The monoisotopic (exact) mass is 182 g/mol. The number of nitrogens with zero attached hydrogens (tertiary/aromatic N) is 3. The van der Waals surface area contributed by atoms with Crippen LogP contribution in [0.5, 0.6) is 0 Å². The van der Waals surface area contributed by atoms with Crippen LogP contribution in [-0.4, -0.2) is 9.90 Å². The highest BCUT2D eigenvalue weighted by molar-refractivity contribution is 4.63. The van der Waals surface area contributed by atoms with Gasteiger partial charge in [-0.25, -0.2) is 0 Å². The van der Waals surface area contributed by atoms with Gasteiger partial charge in [-0.1, -0.05) is 20.8 Å². The lowest BCUT2D eigenvalue weighted by molar-refractivity contribution is -0.732. The molecule has 3 nitrogen and oxygen atoms in total. The van der Waals surface area contributed by atoms with E-state index in [1.54, 1.807) is 0 Å². The Morgan fingerprint density at radius 1 is 1.38 bits per heavy atom. The summed E-state index contributed by atoms with van der Waals surface area (Å²) in [7, 11) is 1.94. The van der Waals surface area contributed by atoms with Crippen molar-refractivity contribution in [1.29, 1.82) is 0 Å². The van der Waals surface area contributed by atoms with E-state index < -0.39 is 0 Å². The lowest BCUT2D eigenvalue weighted by Gasteiger charge is -2.16. The molecule has 3 heteroatoms. The van der Waals surface area contributed by atoms with Gasteiger partial charge in [-0.05, 0) is 18.3 Å². The summed E-state index contributed by atoms with van der Waals surface area (Å²) in [5.41, 5.74) is 0.440. The Labute approximate surface area is 80.4 Å². The van der Waals surface area contributed by atoms with Gasteiger partial charge in [-0.2, -0.15) is 0 Å². The molecule has 0 atom stereocenters. The van der Waals surface area contributed by atoms with E-state index in [-0.39, 0.29) is 0 Å². The van der Waals surface area contributed by atoms with Crippen molar-refractivity contribution >= 4 is 0 Å². The first-order valence-electron chi connectivity index (χ1n) is 4.87. The van der Waals surface area contributed by atoms with Crippen LogP contribution in [0.2, 0.25) is 0 Å². The molecule has 1 aromatic rings. The zero-order chi connectivity index (χ0) is 9.90. The van der Waals surface area contributed by atoms with Gasteiger partial charge in [-0.15, -0.1) is 9.36 Å².